The summed E-state index contributed by atoms with van der Waals surface area (Å²) in [6.45, 7) is 3.72. The number of benzene rings is 2. The summed E-state index contributed by atoms with van der Waals surface area (Å²) in [6, 6.07) is 14.3. The number of carbonyl (C=O) groups is 2. The van der Waals surface area contributed by atoms with Crippen molar-refractivity contribution in [2.75, 3.05) is 5.32 Å². The summed E-state index contributed by atoms with van der Waals surface area (Å²) in [4.78, 5) is 24.8. The van der Waals surface area contributed by atoms with Gasteiger partial charge in [-0.05, 0) is 43.7 Å². The van der Waals surface area contributed by atoms with E-state index in [0.29, 0.717) is 17.0 Å². The molecule has 0 saturated heterocycles. The average Bonchev–Trinajstić information content (AvgIpc) is 2.56. The lowest BCUT2D eigenvalue weighted by atomic mass is 9.95. The normalized spacial score (nSPS) is 16.9. The van der Waals surface area contributed by atoms with Gasteiger partial charge in [-0.15, -0.1) is 0 Å². The van der Waals surface area contributed by atoms with Gasteiger partial charge in [0.05, 0.1) is 11.6 Å². The number of rotatable bonds is 3. The summed E-state index contributed by atoms with van der Waals surface area (Å²) in [5, 5.41) is 8.40. The molecule has 0 radical (unpaired) electrons. The second-order valence-corrected chi connectivity index (χ2v) is 6.86. The van der Waals surface area contributed by atoms with Crippen molar-refractivity contribution in [3.8, 4) is 0 Å². The largest absolute Gasteiger partial charge is 0.327 e. The Labute approximate surface area is 154 Å². The van der Waals surface area contributed by atoms with Gasteiger partial charge in [-0.25, -0.2) is 4.79 Å². The summed E-state index contributed by atoms with van der Waals surface area (Å²) >= 11 is 3.43. The molecule has 3 N–H and O–H groups in total. The van der Waals surface area contributed by atoms with Crippen LogP contribution in [0, 0.1) is 6.92 Å². The van der Waals surface area contributed by atoms with Crippen LogP contribution in [0.4, 0.5) is 10.5 Å². The van der Waals surface area contributed by atoms with Gasteiger partial charge in [0.25, 0.3) is 5.91 Å². The van der Waals surface area contributed by atoms with Crippen molar-refractivity contribution in [3.05, 3.63) is 75.4 Å². The number of allylic oxidation sites excluding steroid dienone is 1. The highest BCUT2D eigenvalue weighted by Crippen LogP contribution is 2.29. The number of carbonyl (C=O) groups excluding carboxylic acids is 2. The Morgan fingerprint density at radius 1 is 1.12 bits per heavy atom. The third-order valence-electron chi connectivity index (χ3n) is 4.01. The van der Waals surface area contributed by atoms with Crippen LogP contribution in [-0.4, -0.2) is 11.9 Å². The van der Waals surface area contributed by atoms with E-state index < -0.39 is 6.04 Å². The van der Waals surface area contributed by atoms with Crippen LogP contribution >= 0.6 is 15.9 Å². The van der Waals surface area contributed by atoms with Crippen molar-refractivity contribution in [3.63, 3.8) is 0 Å². The van der Waals surface area contributed by atoms with E-state index in [4.69, 9.17) is 0 Å². The minimum Gasteiger partial charge on any atom is -0.327 e. The van der Waals surface area contributed by atoms with Crippen LogP contribution in [-0.2, 0) is 4.79 Å². The maximum atomic E-state index is 12.9. The van der Waals surface area contributed by atoms with Crippen molar-refractivity contribution in [1.82, 2.24) is 10.6 Å². The average molecular weight is 400 g/mol. The monoisotopic (exact) mass is 399 g/mol. The number of halogens is 1. The number of hydrogen-bond donors (Lipinski definition) is 3. The third-order valence-corrected chi connectivity index (χ3v) is 4.50. The summed E-state index contributed by atoms with van der Waals surface area (Å²) < 4.78 is 0.883. The Bertz CT molecular complexity index is 859. The molecule has 0 spiro atoms. The molecule has 128 valence electrons. The van der Waals surface area contributed by atoms with E-state index in [1.807, 2.05) is 55.5 Å². The number of urea groups is 1. The molecule has 25 heavy (non-hydrogen) atoms. The van der Waals surface area contributed by atoms with E-state index in [0.717, 1.165) is 15.6 Å². The van der Waals surface area contributed by atoms with Gasteiger partial charge in [0.15, 0.2) is 0 Å². The molecule has 1 heterocycles. The fourth-order valence-electron chi connectivity index (χ4n) is 2.77. The van der Waals surface area contributed by atoms with Crippen molar-refractivity contribution in [2.45, 2.75) is 19.9 Å². The molecule has 0 saturated carbocycles. The first kappa shape index (κ1) is 17.2. The van der Waals surface area contributed by atoms with Crippen LogP contribution in [0.3, 0.4) is 0 Å². The molecule has 6 heteroatoms. The number of hydrogen-bond acceptors (Lipinski definition) is 2. The van der Waals surface area contributed by atoms with Gasteiger partial charge in [0, 0.05) is 15.9 Å². The summed E-state index contributed by atoms with van der Waals surface area (Å²) in [6.07, 6.45) is 0. The summed E-state index contributed by atoms with van der Waals surface area (Å²) in [5.41, 5.74) is 3.68. The number of amides is 3. The van der Waals surface area contributed by atoms with Gasteiger partial charge < -0.3 is 16.0 Å². The topological polar surface area (TPSA) is 70.2 Å². The van der Waals surface area contributed by atoms with Crippen LogP contribution in [0.2, 0.25) is 0 Å². The lowest BCUT2D eigenvalue weighted by molar-refractivity contribution is -0.113. The first-order chi connectivity index (χ1) is 11.9. The van der Waals surface area contributed by atoms with Crippen molar-refractivity contribution < 1.29 is 9.59 Å². The van der Waals surface area contributed by atoms with E-state index in [2.05, 4.69) is 31.9 Å². The molecule has 0 bridgehead atoms. The van der Waals surface area contributed by atoms with Gasteiger partial charge in [-0.1, -0.05) is 45.8 Å². The lowest BCUT2D eigenvalue weighted by Crippen LogP contribution is -2.45. The van der Waals surface area contributed by atoms with E-state index in [1.54, 1.807) is 6.92 Å². The Kier molecular flexibility index (Phi) is 4.90. The summed E-state index contributed by atoms with van der Waals surface area (Å²) in [5.74, 6) is -0.251. The molecule has 0 aliphatic carbocycles. The Morgan fingerprint density at radius 3 is 2.52 bits per heavy atom. The standard InChI is InChI=1S/C19H18BrN3O2/c1-11-6-8-15(9-7-11)22-18(24)16-12(2)21-19(25)23-17(16)13-4-3-5-14(20)10-13/h3-10,17H,1-2H3,(H,22,24)(H2,21,23,25). The van der Waals surface area contributed by atoms with Crippen LogP contribution in [0.1, 0.15) is 24.1 Å². The van der Waals surface area contributed by atoms with Crippen molar-refractivity contribution in [1.29, 1.82) is 0 Å². The van der Waals surface area contributed by atoms with E-state index in [9.17, 15) is 9.59 Å². The summed E-state index contributed by atoms with van der Waals surface area (Å²) in [7, 11) is 0. The highest BCUT2D eigenvalue weighted by atomic mass is 79.9. The molecule has 3 amide bonds. The third kappa shape index (κ3) is 3.91. The maximum Gasteiger partial charge on any atom is 0.319 e. The van der Waals surface area contributed by atoms with E-state index in [1.165, 1.54) is 0 Å². The van der Waals surface area contributed by atoms with E-state index in [-0.39, 0.29) is 11.9 Å². The van der Waals surface area contributed by atoms with Crippen molar-refractivity contribution >= 4 is 33.6 Å². The molecular formula is C19H18BrN3O2. The molecule has 5 nitrogen and oxygen atoms in total. The molecule has 2 aromatic carbocycles. The van der Waals surface area contributed by atoms with Crippen LogP contribution in [0.25, 0.3) is 0 Å². The minimum atomic E-state index is -0.517. The molecule has 1 unspecified atom stereocenters. The number of anilines is 1. The SMILES string of the molecule is CC1=C(C(=O)Nc2ccc(C)cc2)C(c2cccc(Br)c2)NC(=O)N1. The Hall–Kier alpha value is -2.60. The molecule has 1 atom stereocenters. The second-order valence-electron chi connectivity index (χ2n) is 5.95. The Morgan fingerprint density at radius 2 is 1.84 bits per heavy atom. The second kappa shape index (κ2) is 7.11. The Balaban J connectivity index is 1.94. The lowest BCUT2D eigenvalue weighted by Gasteiger charge is -2.28. The fourth-order valence-corrected chi connectivity index (χ4v) is 3.18. The molecule has 0 aromatic heterocycles. The molecule has 0 fully saturated rings. The zero-order valence-corrected chi connectivity index (χ0v) is 15.5. The number of nitrogens with one attached hydrogen (secondary N) is 3. The predicted octanol–water partition coefficient (Wildman–Crippen LogP) is 4.02. The first-order valence-electron chi connectivity index (χ1n) is 7.86. The van der Waals surface area contributed by atoms with E-state index >= 15 is 0 Å². The zero-order chi connectivity index (χ0) is 18.0. The quantitative estimate of drug-likeness (QED) is 0.728. The molecule has 3 rings (SSSR count). The van der Waals surface area contributed by atoms with Crippen LogP contribution < -0.4 is 16.0 Å². The van der Waals surface area contributed by atoms with Gasteiger partial charge >= 0.3 is 6.03 Å². The van der Waals surface area contributed by atoms with Gasteiger partial charge in [0.2, 0.25) is 0 Å². The zero-order valence-electron chi connectivity index (χ0n) is 13.9. The van der Waals surface area contributed by atoms with Gasteiger partial charge in [-0.3, -0.25) is 4.79 Å². The van der Waals surface area contributed by atoms with Crippen molar-refractivity contribution in [2.24, 2.45) is 0 Å². The van der Waals surface area contributed by atoms with Crippen LogP contribution in [0.5, 0.6) is 0 Å². The first-order valence-corrected chi connectivity index (χ1v) is 8.65. The molecule has 1 aliphatic heterocycles. The number of aryl methyl sites for hydroxylation is 1. The maximum absolute atomic E-state index is 12.9. The van der Waals surface area contributed by atoms with Crippen LogP contribution in [0.15, 0.2) is 64.3 Å². The highest BCUT2D eigenvalue weighted by molar-refractivity contribution is 9.10. The minimum absolute atomic E-state index is 0.251. The highest BCUT2D eigenvalue weighted by Gasteiger charge is 2.31. The predicted molar refractivity (Wildman–Crippen MR) is 101 cm³/mol. The smallest absolute Gasteiger partial charge is 0.319 e. The van der Waals surface area contributed by atoms with Gasteiger partial charge in [0.1, 0.15) is 0 Å². The molecule has 1 aliphatic rings. The fraction of sp³-hybridized carbons (Fsp3) is 0.158. The molecular weight excluding hydrogens is 382 g/mol. The molecule has 2 aromatic rings. The van der Waals surface area contributed by atoms with Gasteiger partial charge in [-0.2, -0.15) is 0 Å².